The Bertz CT molecular complexity index is 4170. The van der Waals surface area contributed by atoms with Gasteiger partial charge in [0.05, 0.1) is 27.5 Å². The van der Waals surface area contributed by atoms with E-state index >= 15 is 0 Å². The molecule has 3 heteroatoms. The van der Waals surface area contributed by atoms with Crippen molar-refractivity contribution in [1.82, 2.24) is 9.13 Å². The zero-order chi connectivity index (χ0) is 45.9. The summed E-state index contributed by atoms with van der Waals surface area (Å²) in [5.41, 5.74) is 22.8. The molecule has 0 N–H and O–H groups in total. The second kappa shape index (κ2) is 14.9. The van der Waals surface area contributed by atoms with E-state index in [1.165, 1.54) is 93.7 Å². The summed E-state index contributed by atoms with van der Waals surface area (Å²) in [5.74, 6) is 0. The van der Waals surface area contributed by atoms with Gasteiger partial charge in [-0.05, 0) is 141 Å². The third kappa shape index (κ3) is 5.40. The molecule has 0 atom stereocenters. The minimum absolute atomic E-state index is 0.431. The molecule has 0 saturated carbocycles. The van der Waals surface area contributed by atoms with Crippen molar-refractivity contribution in [3.63, 3.8) is 0 Å². The molecule has 11 aromatic carbocycles. The first-order valence-corrected chi connectivity index (χ1v) is 24.3. The molecule has 2 aliphatic carbocycles. The molecule has 0 unspecified atom stereocenters. The van der Waals surface area contributed by atoms with Crippen LogP contribution in [-0.4, -0.2) is 9.13 Å². The molecule has 1 spiro atoms. The Kier molecular flexibility index (Phi) is 8.28. The number of hydrogen-bond acceptors (Lipinski definition) is 1. The monoisotopic (exact) mass is 889 g/mol. The average Bonchev–Trinajstić information content (AvgIpc) is 4.13. The fourth-order valence-corrected chi connectivity index (χ4v) is 12.4. The molecular weight excluding hydrogens is 847 g/mol. The highest BCUT2D eigenvalue weighted by atomic mass is 15.1. The molecule has 2 aliphatic rings. The molecule has 2 heterocycles. The summed E-state index contributed by atoms with van der Waals surface area (Å²) in [6.45, 7) is 0. The molecule has 2 aromatic heterocycles. The lowest BCUT2D eigenvalue weighted by Gasteiger charge is -2.30. The van der Waals surface area contributed by atoms with E-state index in [4.69, 9.17) is 0 Å². The average molecular weight is 890 g/mol. The zero-order valence-electron chi connectivity index (χ0n) is 38.2. The number of fused-ring (bicyclic) bond motifs is 16. The topological polar surface area (TPSA) is 13.1 Å². The summed E-state index contributed by atoms with van der Waals surface area (Å²) >= 11 is 0. The van der Waals surface area contributed by atoms with Crippen LogP contribution in [0.15, 0.2) is 261 Å². The van der Waals surface area contributed by atoms with Crippen LogP contribution in [0.4, 0.5) is 17.1 Å². The maximum atomic E-state index is 2.54. The van der Waals surface area contributed by atoms with Gasteiger partial charge in [0.2, 0.25) is 0 Å². The van der Waals surface area contributed by atoms with Crippen molar-refractivity contribution < 1.29 is 0 Å². The molecule has 0 bridgehead atoms. The van der Waals surface area contributed by atoms with Crippen molar-refractivity contribution in [1.29, 1.82) is 0 Å². The summed E-state index contributed by atoms with van der Waals surface area (Å²) < 4.78 is 4.88. The Morgan fingerprint density at radius 1 is 0.257 bits per heavy atom. The van der Waals surface area contributed by atoms with Crippen molar-refractivity contribution >= 4 is 60.7 Å². The van der Waals surface area contributed by atoms with Crippen LogP contribution in [-0.2, 0) is 5.41 Å². The summed E-state index contributed by atoms with van der Waals surface area (Å²) in [6, 6.07) is 96.5. The first kappa shape index (κ1) is 38.9. The van der Waals surface area contributed by atoms with Crippen LogP contribution in [0, 0.1) is 0 Å². The molecule has 13 aromatic rings. The molecule has 70 heavy (non-hydrogen) atoms. The van der Waals surface area contributed by atoms with Gasteiger partial charge < -0.3 is 14.0 Å². The van der Waals surface area contributed by atoms with Gasteiger partial charge >= 0.3 is 0 Å². The molecule has 0 aliphatic heterocycles. The number of aromatic nitrogens is 2. The number of benzene rings is 11. The third-order valence-corrected chi connectivity index (χ3v) is 15.3. The number of anilines is 3. The lowest BCUT2D eigenvalue weighted by molar-refractivity contribution is 0.795. The van der Waals surface area contributed by atoms with Crippen LogP contribution in [0.3, 0.4) is 0 Å². The predicted octanol–water partition coefficient (Wildman–Crippen LogP) is 17.4. The van der Waals surface area contributed by atoms with E-state index in [1.54, 1.807) is 0 Å². The van der Waals surface area contributed by atoms with Crippen LogP contribution in [0.1, 0.15) is 22.3 Å². The Morgan fingerprint density at radius 2 is 0.700 bits per heavy atom. The fourth-order valence-electron chi connectivity index (χ4n) is 12.4. The fraction of sp³-hybridized carbons (Fsp3) is 0.0149. The van der Waals surface area contributed by atoms with Gasteiger partial charge in [-0.3, -0.25) is 0 Å². The second-order valence-electron chi connectivity index (χ2n) is 18.8. The van der Waals surface area contributed by atoms with Gasteiger partial charge in [0.25, 0.3) is 0 Å². The Balaban J connectivity index is 0.988. The maximum Gasteiger partial charge on any atom is 0.0725 e. The molecule has 0 radical (unpaired) electrons. The zero-order valence-corrected chi connectivity index (χ0v) is 38.2. The van der Waals surface area contributed by atoms with E-state index in [0.29, 0.717) is 0 Å². The van der Waals surface area contributed by atoms with E-state index in [-0.39, 0.29) is 0 Å². The van der Waals surface area contributed by atoms with Crippen LogP contribution in [0.2, 0.25) is 0 Å². The van der Waals surface area contributed by atoms with Crippen LogP contribution in [0.5, 0.6) is 0 Å². The van der Waals surface area contributed by atoms with Gasteiger partial charge in [0.1, 0.15) is 0 Å². The lowest BCUT2D eigenvalue weighted by Crippen LogP contribution is -2.25. The van der Waals surface area contributed by atoms with Crippen molar-refractivity contribution in [2.24, 2.45) is 0 Å². The Hall–Kier alpha value is -9.18. The third-order valence-electron chi connectivity index (χ3n) is 15.3. The maximum absolute atomic E-state index is 2.54. The van der Waals surface area contributed by atoms with E-state index in [2.05, 4.69) is 275 Å². The normalized spacial score (nSPS) is 13.0. The summed E-state index contributed by atoms with van der Waals surface area (Å²) in [7, 11) is 0. The van der Waals surface area contributed by atoms with Gasteiger partial charge in [-0.25, -0.2) is 0 Å². The second-order valence-corrected chi connectivity index (χ2v) is 18.8. The van der Waals surface area contributed by atoms with Crippen molar-refractivity contribution in [3.8, 4) is 44.8 Å². The van der Waals surface area contributed by atoms with Gasteiger partial charge in [-0.15, -0.1) is 0 Å². The minimum Gasteiger partial charge on any atom is -0.310 e. The highest BCUT2D eigenvalue weighted by molar-refractivity contribution is 6.14. The van der Waals surface area contributed by atoms with E-state index in [0.717, 1.165) is 34.0 Å². The first-order chi connectivity index (χ1) is 34.7. The smallest absolute Gasteiger partial charge is 0.0725 e. The molecule has 0 fully saturated rings. The minimum atomic E-state index is -0.431. The van der Waals surface area contributed by atoms with Crippen molar-refractivity contribution in [2.75, 3.05) is 4.90 Å². The van der Waals surface area contributed by atoms with Crippen LogP contribution in [0.25, 0.3) is 88.4 Å². The van der Waals surface area contributed by atoms with E-state index < -0.39 is 5.41 Å². The van der Waals surface area contributed by atoms with E-state index in [9.17, 15) is 0 Å². The van der Waals surface area contributed by atoms with Crippen LogP contribution >= 0.6 is 0 Å². The van der Waals surface area contributed by atoms with Crippen molar-refractivity contribution in [2.45, 2.75) is 5.41 Å². The van der Waals surface area contributed by atoms with Gasteiger partial charge in [0.15, 0.2) is 0 Å². The molecule has 0 saturated heterocycles. The molecular formula is C67H43N3. The highest BCUT2D eigenvalue weighted by Crippen LogP contribution is 2.63. The van der Waals surface area contributed by atoms with Crippen LogP contribution < -0.4 is 4.90 Å². The Labute approximate surface area is 406 Å². The van der Waals surface area contributed by atoms with E-state index in [1.807, 2.05) is 0 Å². The molecule has 326 valence electrons. The summed E-state index contributed by atoms with van der Waals surface area (Å²) in [6.07, 6.45) is 0. The predicted molar refractivity (Wildman–Crippen MR) is 292 cm³/mol. The van der Waals surface area contributed by atoms with Gasteiger partial charge in [-0.1, -0.05) is 176 Å². The quantitative estimate of drug-likeness (QED) is 0.162. The molecule has 3 nitrogen and oxygen atoms in total. The number of para-hydroxylation sites is 3. The lowest BCUT2D eigenvalue weighted by atomic mass is 9.70. The summed E-state index contributed by atoms with van der Waals surface area (Å²) in [4.78, 5) is 2.44. The SMILES string of the molecule is c1ccc(-c2ccc(N(c3ccc4c(c3)c3ccccc3n4-c3ccccc3)c3ccc4c5cc6c(cc5n(-c5ccccc5)c4c3)-c3ccccc3C63c4ccccc4-c4ccccc43)cc2)cc1. The van der Waals surface area contributed by atoms with Crippen molar-refractivity contribution in [3.05, 3.63) is 283 Å². The molecule has 0 amide bonds. The standard InChI is InChI=1S/C67H43N3/c1-4-18-44(19-5-1)45-32-34-48(35-33-45)68(49-37-39-64-57(40-49)54-27-13-17-31-63(54)69(64)46-20-6-2-7-21-46)50-36-38-55-58-42-62-56(43-66(58)70(65(55)41-50)47-22-8-3-9-23-47)53-26-12-16-30-61(53)67(62)59-28-14-10-24-51(59)52-25-11-15-29-60(52)67/h1-43H. The molecule has 15 rings (SSSR count). The summed E-state index contributed by atoms with van der Waals surface area (Å²) in [5, 5.41) is 4.90. The van der Waals surface area contributed by atoms with Gasteiger partial charge in [0, 0.05) is 50.0 Å². The number of rotatable bonds is 6. The van der Waals surface area contributed by atoms with Gasteiger partial charge in [-0.2, -0.15) is 0 Å². The number of hydrogen-bond donors (Lipinski definition) is 0. The largest absolute Gasteiger partial charge is 0.310 e. The first-order valence-electron chi connectivity index (χ1n) is 24.3. The highest BCUT2D eigenvalue weighted by Gasteiger charge is 2.51. The Morgan fingerprint density at radius 3 is 1.36 bits per heavy atom. The number of nitrogens with zero attached hydrogens (tertiary/aromatic N) is 3.